The molecule has 33 heavy (non-hydrogen) atoms. The van der Waals surface area contributed by atoms with E-state index in [1.54, 1.807) is 14.2 Å². The predicted molar refractivity (Wildman–Crippen MR) is 124 cm³/mol. The Balaban J connectivity index is 1.70. The quantitative estimate of drug-likeness (QED) is 0.599. The van der Waals surface area contributed by atoms with E-state index in [2.05, 4.69) is 11.9 Å². The summed E-state index contributed by atoms with van der Waals surface area (Å²) in [7, 11) is 3.22. The molecule has 0 amide bonds. The molecule has 3 atom stereocenters. The number of hydrogen-bond donors (Lipinski definition) is 1. The molecule has 7 heteroatoms. The van der Waals surface area contributed by atoms with Crippen LogP contribution in [0.1, 0.15) is 50.8 Å². The molecule has 2 aromatic carbocycles. The highest BCUT2D eigenvalue weighted by Crippen LogP contribution is 2.55. The van der Waals surface area contributed by atoms with Crippen LogP contribution in [0.2, 0.25) is 0 Å². The molecule has 0 saturated carbocycles. The summed E-state index contributed by atoms with van der Waals surface area (Å²) in [5.74, 6) is 0.759. The van der Waals surface area contributed by atoms with Gasteiger partial charge in [-0.1, -0.05) is 25.5 Å². The third-order valence-electron chi connectivity index (χ3n) is 6.52. The lowest BCUT2D eigenvalue weighted by Crippen LogP contribution is -2.49. The number of para-hydroxylation sites is 1. The Kier molecular flexibility index (Phi) is 5.14. The Labute approximate surface area is 192 Å². The maximum absolute atomic E-state index is 13.2. The van der Waals surface area contributed by atoms with Gasteiger partial charge in [0.25, 0.3) is 5.56 Å². The average Bonchev–Trinajstić information content (AvgIpc) is 3.20. The van der Waals surface area contributed by atoms with Crippen LogP contribution in [0.5, 0.6) is 17.2 Å². The van der Waals surface area contributed by atoms with Crippen molar-refractivity contribution in [2.24, 2.45) is 0 Å². The first kappa shape index (κ1) is 21.8. The van der Waals surface area contributed by atoms with Crippen LogP contribution >= 0.6 is 0 Å². The van der Waals surface area contributed by atoms with Gasteiger partial charge in [0.2, 0.25) is 0 Å². The SMILES string of the molecule is CCC[C@]1(c2cc(OC)cc(OC)c2)O[C@H]2c3c(c4ccccc4[nH]c3=O)OC(C)(C)[C@H]2O1. The second kappa shape index (κ2) is 7.78. The van der Waals surface area contributed by atoms with E-state index in [0.29, 0.717) is 29.2 Å². The molecule has 0 spiro atoms. The molecule has 2 aliphatic heterocycles. The zero-order chi connectivity index (χ0) is 23.4. The highest BCUT2D eigenvalue weighted by molar-refractivity contribution is 5.86. The van der Waals surface area contributed by atoms with Crippen LogP contribution in [0.15, 0.2) is 47.3 Å². The lowest BCUT2D eigenvalue weighted by atomic mass is 9.88. The lowest BCUT2D eigenvalue weighted by molar-refractivity contribution is -0.199. The van der Waals surface area contributed by atoms with Gasteiger partial charge in [-0.2, -0.15) is 0 Å². The van der Waals surface area contributed by atoms with Crippen molar-refractivity contribution in [2.75, 3.05) is 14.2 Å². The topological polar surface area (TPSA) is 79.0 Å². The Hall–Kier alpha value is -3.03. The highest BCUT2D eigenvalue weighted by atomic mass is 16.8. The van der Waals surface area contributed by atoms with Crippen molar-refractivity contribution in [3.8, 4) is 17.2 Å². The van der Waals surface area contributed by atoms with E-state index < -0.39 is 23.6 Å². The van der Waals surface area contributed by atoms with Crippen LogP contribution in [0, 0.1) is 0 Å². The van der Waals surface area contributed by atoms with Crippen LogP contribution in [0.3, 0.4) is 0 Å². The van der Waals surface area contributed by atoms with Crippen molar-refractivity contribution >= 4 is 10.9 Å². The molecule has 0 bridgehead atoms. The molecule has 3 aromatic rings. The van der Waals surface area contributed by atoms with Gasteiger partial charge < -0.3 is 28.7 Å². The predicted octanol–water partition coefficient (Wildman–Crippen LogP) is 4.83. The first-order valence-electron chi connectivity index (χ1n) is 11.2. The highest BCUT2D eigenvalue weighted by Gasteiger charge is 2.59. The summed E-state index contributed by atoms with van der Waals surface area (Å²) in [5.41, 5.74) is 1.02. The molecule has 2 aliphatic rings. The van der Waals surface area contributed by atoms with Crippen molar-refractivity contribution in [1.29, 1.82) is 0 Å². The number of rotatable bonds is 5. The van der Waals surface area contributed by atoms with Crippen LogP contribution < -0.4 is 19.8 Å². The van der Waals surface area contributed by atoms with Gasteiger partial charge in [0.1, 0.15) is 35.1 Å². The average molecular weight is 452 g/mol. The first-order valence-corrected chi connectivity index (χ1v) is 11.2. The van der Waals surface area contributed by atoms with Gasteiger partial charge in [0, 0.05) is 23.4 Å². The summed E-state index contributed by atoms with van der Waals surface area (Å²) in [5, 5.41) is 0.846. The van der Waals surface area contributed by atoms with E-state index in [1.807, 2.05) is 56.3 Å². The van der Waals surface area contributed by atoms with Crippen molar-refractivity contribution < 1.29 is 23.7 Å². The lowest BCUT2D eigenvalue weighted by Gasteiger charge is -2.39. The largest absolute Gasteiger partial charge is 0.497 e. The molecule has 1 fully saturated rings. The molecule has 1 N–H and O–H groups in total. The van der Waals surface area contributed by atoms with E-state index in [4.69, 9.17) is 23.7 Å². The summed E-state index contributed by atoms with van der Waals surface area (Å²) in [6, 6.07) is 13.2. The second-order valence-electron chi connectivity index (χ2n) is 9.13. The van der Waals surface area contributed by atoms with Crippen LogP contribution in [-0.4, -0.2) is 30.9 Å². The maximum atomic E-state index is 13.2. The third kappa shape index (κ3) is 3.38. The first-order chi connectivity index (χ1) is 15.8. The molecule has 7 nitrogen and oxygen atoms in total. The number of benzene rings is 2. The molecular formula is C26H29NO6. The molecule has 0 aliphatic carbocycles. The van der Waals surface area contributed by atoms with Gasteiger partial charge in [-0.3, -0.25) is 4.79 Å². The summed E-state index contributed by atoms with van der Waals surface area (Å²) < 4.78 is 30.9. The van der Waals surface area contributed by atoms with E-state index in [9.17, 15) is 4.79 Å². The number of H-pyrrole nitrogens is 1. The van der Waals surface area contributed by atoms with Crippen LogP contribution in [-0.2, 0) is 15.3 Å². The van der Waals surface area contributed by atoms with E-state index in [1.165, 1.54) is 0 Å². The molecule has 1 aromatic heterocycles. The van der Waals surface area contributed by atoms with Gasteiger partial charge >= 0.3 is 0 Å². The normalized spacial score (nSPS) is 25.2. The number of ether oxygens (including phenoxy) is 5. The Morgan fingerprint density at radius 3 is 2.39 bits per heavy atom. The minimum absolute atomic E-state index is 0.228. The molecular weight excluding hydrogens is 422 g/mol. The Morgan fingerprint density at radius 1 is 1.03 bits per heavy atom. The van der Waals surface area contributed by atoms with Crippen molar-refractivity contribution in [2.45, 2.75) is 57.2 Å². The molecule has 174 valence electrons. The fourth-order valence-corrected chi connectivity index (χ4v) is 4.95. The number of pyridine rings is 1. The number of hydrogen-bond acceptors (Lipinski definition) is 6. The molecule has 3 heterocycles. The summed E-state index contributed by atoms with van der Waals surface area (Å²) in [6.07, 6.45) is 0.311. The summed E-state index contributed by atoms with van der Waals surface area (Å²) >= 11 is 0. The monoisotopic (exact) mass is 451 g/mol. The maximum Gasteiger partial charge on any atom is 0.258 e. The number of methoxy groups -OCH3 is 2. The van der Waals surface area contributed by atoms with Crippen LogP contribution in [0.4, 0.5) is 0 Å². The zero-order valence-electron chi connectivity index (χ0n) is 19.6. The molecule has 5 rings (SSSR count). The van der Waals surface area contributed by atoms with E-state index in [-0.39, 0.29) is 5.56 Å². The summed E-state index contributed by atoms with van der Waals surface area (Å²) in [6.45, 7) is 6.02. The number of fused-ring (bicyclic) bond motifs is 5. The smallest absolute Gasteiger partial charge is 0.258 e. The minimum atomic E-state index is -1.08. The van der Waals surface area contributed by atoms with Gasteiger partial charge in [0.15, 0.2) is 5.79 Å². The van der Waals surface area contributed by atoms with Crippen LogP contribution in [0.25, 0.3) is 10.9 Å². The fraction of sp³-hybridized carbons (Fsp3) is 0.423. The Morgan fingerprint density at radius 2 is 1.73 bits per heavy atom. The third-order valence-corrected chi connectivity index (χ3v) is 6.52. The van der Waals surface area contributed by atoms with E-state index >= 15 is 0 Å². The van der Waals surface area contributed by atoms with E-state index in [0.717, 1.165) is 22.9 Å². The minimum Gasteiger partial charge on any atom is -0.497 e. The fourth-order valence-electron chi connectivity index (χ4n) is 4.95. The van der Waals surface area contributed by atoms with Gasteiger partial charge in [-0.25, -0.2) is 0 Å². The van der Waals surface area contributed by atoms with Crippen molar-refractivity contribution in [3.05, 3.63) is 63.9 Å². The van der Waals surface area contributed by atoms with Crippen molar-refractivity contribution in [3.63, 3.8) is 0 Å². The van der Waals surface area contributed by atoms with Gasteiger partial charge in [-0.15, -0.1) is 0 Å². The number of aromatic amines is 1. The van der Waals surface area contributed by atoms with Gasteiger partial charge in [0.05, 0.1) is 25.3 Å². The second-order valence-corrected chi connectivity index (χ2v) is 9.13. The van der Waals surface area contributed by atoms with Crippen molar-refractivity contribution in [1.82, 2.24) is 4.98 Å². The molecule has 0 unspecified atom stereocenters. The zero-order valence-corrected chi connectivity index (χ0v) is 19.6. The summed E-state index contributed by atoms with van der Waals surface area (Å²) in [4.78, 5) is 16.2. The molecule has 1 saturated heterocycles. The Bertz CT molecular complexity index is 1240. The number of aromatic nitrogens is 1. The standard InChI is InChI=1S/C26H29NO6/c1-6-11-26(15-12-16(29-4)14-17(13-15)30-5)32-22-20-21(31-25(2,3)23(22)33-26)18-9-7-8-10-19(18)27-24(20)28/h7-10,12-14,22-23H,6,11H2,1-5H3,(H,27,28)/t22-,23-,26-/m0/s1. The molecule has 0 radical (unpaired) electrons. The van der Waals surface area contributed by atoms with Gasteiger partial charge in [-0.05, 0) is 38.1 Å². The number of nitrogens with one attached hydrogen (secondary N) is 1.